The van der Waals surface area contributed by atoms with E-state index in [4.69, 9.17) is 9.47 Å². The molecule has 1 aromatic carbocycles. The Morgan fingerprint density at radius 2 is 2.21 bits per heavy atom. The number of urea groups is 1. The van der Waals surface area contributed by atoms with Gasteiger partial charge in [-0.3, -0.25) is 10.3 Å². The fourth-order valence-corrected chi connectivity index (χ4v) is 2.66. The summed E-state index contributed by atoms with van der Waals surface area (Å²) in [6.07, 6.45) is 2.95. The molecule has 1 unspecified atom stereocenters. The van der Waals surface area contributed by atoms with Crippen molar-refractivity contribution in [2.45, 2.75) is 20.0 Å². The first-order valence-electron chi connectivity index (χ1n) is 8.91. The first kappa shape index (κ1) is 19.5. The molecule has 1 aliphatic rings. The van der Waals surface area contributed by atoms with Gasteiger partial charge in [0, 0.05) is 13.1 Å². The highest BCUT2D eigenvalue weighted by Crippen LogP contribution is 2.29. The number of anilines is 2. The van der Waals surface area contributed by atoms with Crippen LogP contribution < -0.4 is 20.7 Å². The van der Waals surface area contributed by atoms with E-state index in [-0.39, 0.29) is 6.10 Å². The third kappa shape index (κ3) is 5.16. The number of hydrogen-bond donors (Lipinski definition) is 3. The number of nitrogens with zero attached hydrogens (tertiary/aromatic N) is 3. The molecule has 3 N–H and O–H groups in total. The van der Waals surface area contributed by atoms with Crippen LogP contribution in [0.3, 0.4) is 0 Å². The Labute approximate surface area is 163 Å². The second-order valence-electron chi connectivity index (χ2n) is 6.41. The first-order chi connectivity index (χ1) is 13.5. The first-order valence-corrected chi connectivity index (χ1v) is 8.91. The molecule has 28 heavy (non-hydrogen) atoms. The number of benzene rings is 1. The zero-order valence-corrected chi connectivity index (χ0v) is 15.8. The van der Waals surface area contributed by atoms with Crippen LogP contribution in [0.15, 0.2) is 24.5 Å². The van der Waals surface area contributed by atoms with E-state index in [0.29, 0.717) is 42.6 Å². The summed E-state index contributed by atoms with van der Waals surface area (Å²) < 4.78 is 11.5. The van der Waals surface area contributed by atoms with E-state index in [0.717, 1.165) is 17.8 Å². The lowest BCUT2D eigenvalue weighted by Crippen LogP contribution is -2.41. The Balaban J connectivity index is 1.72. The van der Waals surface area contributed by atoms with Crippen LogP contribution in [-0.4, -0.2) is 48.4 Å². The van der Waals surface area contributed by atoms with Crippen LogP contribution in [0.25, 0.3) is 0 Å². The molecule has 0 aliphatic carbocycles. The van der Waals surface area contributed by atoms with Crippen molar-refractivity contribution in [1.29, 1.82) is 5.26 Å². The highest BCUT2D eigenvalue weighted by Gasteiger charge is 2.17. The van der Waals surface area contributed by atoms with Gasteiger partial charge in [-0.1, -0.05) is 0 Å². The Hall–Kier alpha value is -3.22. The van der Waals surface area contributed by atoms with Crippen molar-refractivity contribution in [1.82, 2.24) is 15.3 Å². The summed E-state index contributed by atoms with van der Waals surface area (Å²) in [4.78, 5) is 20.5. The van der Waals surface area contributed by atoms with Crippen LogP contribution in [0.2, 0.25) is 0 Å². The third-order valence-corrected chi connectivity index (χ3v) is 4.15. The topological polar surface area (TPSA) is 121 Å². The molecule has 1 saturated heterocycles. The van der Waals surface area contributed by atoms with Gasteiger partial charge in [-0.25, -0.2) is 9.78 Å². The van der Waals surface area contributed by atoms with Crippen molar-refractivity contribution < 1.29 is 14.3 Å². The lowest BCUT2D eigenvalue weighted by atomic mass is 10.1. The maximum Gasteiger partial charge on any atom is 0.325 e. The van der Waals surface area contributed by atoms with Crippen molar-refractivity contribution in [3.8, 4) is 11.8 Å². The highest BCUT2D eigenvalue weighted by atomic mass is 16.5. The predicted octanol–water partition coefficient (Wildman–Crippen LogP) is 1.98. The SMILES string of the molecule is Cc1cnc(NC(=O)Nc2cc(C#N)c(C)cc2OCC2CNCCO2)cn1. The van der Waals surface area contributed by atoms with Gasteiger partial charge < -0.3 is 20.1 Å². The lowest BCUT2D eigenvalue weighted by molar-refractivity contribution is 0.000340. The minimum atomic E-state index is -0.508. The summed E-state index contributed by atoms with van der Waals surface area (Å²) in [6.45, 7) is 6.10. The summed E-state index contributed by atoms with van der Waals surface area (Å²) in [5.41, 5.74) is 2.35. The fraction of sp³-hybridized carbons (Fsp3) is 0.368. The van der Waals surface area contributed by atoms with Gasteiger partial charge in [-0.15, -0.1) is 0 Å². The second kappa shape index (κ2) is 9.12. The number of hydrogen-bond acceptors (Lipinski definition) is 7. The van der Waals surface area contributed by atoms with Gasteiger partial charge >= 0.3 is 6.03 Å². The zero-order chi connectivity index (χ0) is 19.9. The van der Waals surface area contributed by atoms with Crippen molar-refractivity contribution >= 4 is 17.5 Å². The van der Waals surface area contributed by atoms with Crippen molar-refractivity contribution in [2.75, 3.05) is 36.9 Å². The number of amides is 2. The summed E-state index contributed by atoms with van der Waals surface area (Å²) in [7, 11) is 0. The van der Waals surface area contributed by atoms with E-state index < -0.39 is 6.03 Å². The lowest BCUT2D eigenvalue weighted by Gasteiger charge is -2.24. The molecule has 0 bridgehead atoms. The number of nitrogens with one attached hydrogen (secondary N) is 3. The number of aromatic nitrogens is 2. The molecule has 146 valence electrons. The quantitative estimate of drug-likeness (QED) is 0.723. The van der Waals surface area contributed by atoms with E-state index in [1.54, 1.807) is 18.3 Å². The van der Waals surface area contributed by atoms with Crippen LogP contribution >= 0.6 is 0 Å². The van der Waals surface area contributed by atoms with Crippen LogP contribution in [0.1, 0.15) is 16.8 Å². The Bertz CT molecular complexity index is 872. The molecular formula is C19H22N6O3. The molecule has 1 aromatic heterocycles. The summed E-state index contributed by atoms with van der Waals surface area (Å²) in [5.74, 6) is 0.788. The maximum atomic E-state index is 12.3. The van der Waals surface area contributed by atoms with Gasteiger partial charge in [-0.2, -0.15) is 5.26 Å². The number of nitriles is 1. The number of rotatable bonds is 5. The minimum Gasteiger partial charge on any atom is -0.489 e. The number of ether oxygens (including phenoxy) is 2. The number of aryl methyl sites for hydroxylation is 2. The molecule has 0 spiro atoms. The largest absolute Gasteiger partial charge is 0.489 e. The molecule has 2 amide bonds. The summed E-state index contributed by atoms with van der Waals surface area (Å²) in [5, 5.41) is 17.9. The zero-order valence-electron chi connectivity index (χ0n) is 15.8. The monoisotopic (exact) mass is 382 g/mol. The van der Waals surface area contributed by atoms with Crippen LogP contribution in [0.4, 0.5) is 16.3 Å². The molecular weight excluding hydrogens is 360 g/mol. The molecule has 1 fully saturated rings. The fourth-order valence-electron chi connectivity index (χ4n) is 2.66. The van der Waals surface area contributed by atoms with Gasteiger partial charge in [0.1, 0.15) is 18.5 Å². The van der Waals surface area contributed by atoms with Crippen LogP contribution in [0.5, 0.6) is 5.75 Å². The normalized spacial score (nSPS) is 16.1. The van der Waals surface area contributed by atoms with E-state index in [2.05, 4.69) is 32.0 Å². The third-order valence-electron chi connectivity index (χ3n) is 4.15. The van der Waals surface area contributed by atoms with E-state index in [1.165, 1.54) is 6.20 Å². The molecule has 1 aliphatic heterocycles. The van der Waals surface area contributed by atoms with E-state index >= 15 is 0 Å². The molecule has 0 radical (unpaired) electrons. The van der Waals surface area contributed by atoms with Gasteiger partial charge in [0.05, 0.1) is 42.0 Å². The van der Waals surface area contributed by atoms with Crippen molar-refractivity contribution in [3.63, 3.8) is 0 Å². The average Bonchev–Trinajstić information content (AvgIpc) is 2.70. The molecule has 3 rings (SSSR count). The smallest absolute Gasteiger partial charge is 0.325 e. The Morgan fingerprint density at radius 3 is 2.89 bits per heavy atom. The van der Waals surface area contributed by atoms with Crippen molar-refractivity contribution in [2.24, 2.45) is 0 Å². The molecule has 1 atom stereocenters. The number of morpholine rings is 1. The Kier molecular flexibility index (Phi) is 6.37. The van der Waals surface area contributed by atoms with Crippen LogP contribution in [-0.2, 0) is 4.74 Å². The van der Waals surface area contributed by atoms with E-state index in [9.17, 15) is 10.1 Å². The minimum absolute atomic E-state index is 0.0748. The molecule has 0 saturated carbocycles. The highest BCUT2D eigenvalue weighted by molar-refractivity contribution is 6.00. The molecule has 2 heterocycles. The van der Waals surface area contributed by atoms with E-state index in [1.807, 2.05) is 13.8 Å². The van der Waals surface area contributed by atoms with Gasteiger partial charge in [-0.05, 0) is 31.5 Å². The molecule has 9 heteroatoms. The summed E-state index contributed by atoms with van der Waals surface area (Å²) in [6, 6.07) is 4.93. The van der Waals surface area contributed by atoms with Gasteiger partial charge in [0.15, 0.2) is 5.82 Å². The second-order valence-corrected chi connectivity index (χ2v) is 6.41. The molecule has 2 aromatic rings. The Morgan fingerprint density at radius 1 is 1.36 bits per heavy atom. The van der Waals surface area contributed by atoms with Crippen LogP contribution in [0, 0.1) is 25.2 Å². The number of carbonyl (C=O) groups is 1. The van der Waals surface area contributed by atoms with Gasteiger partial charge in [0.2, 0.25) is 0 Å². The molecule has 9 nitrogen and oxygen atoms in total. The standard InChI is InChI=1S/C19H22N6O3/c1-12-5-17(28-11-15-9-21-3-4-27-15)16(6-14(12)7-20)24-19(26)25-18-10-22-13(2)8-23-18/h5-6,8,10,15,21H,3-4,9,11H2,1-2H3,(H2,23,24,25,26). The predicted molar refractivity (Wildman–Crippen MR) is 103 cm³/mol. The number of carbonyl (C=O) groups excluding carboxylic acids is 1. The maximum absolute atomic E-state index is 12.3. The van der Waals surface area contributed by atoms with Gasteiger partial charge in [0.25, 0.3) is 0 Å². The van der Waals surface area contributed by atoms with Crippen molar-refractivity contribution in [3.05, 3.63) is 41.3 Å². The average molecular weight is 382 g/mol. The summed E-state index contributed by atoms with van der Waals surface area (Å²) >= 11 is 0.